The second kappa shape index (κ2) is 7.47. The van der Waals surface area contributed by atoms with Crippen LogP contribution in [0.2, 0.25) is 0 Å². The van der Waals surface area contributed by atoms with Gasteiger partial charge in [0.2, 0.25) is 0 Å². The fraction of sp³-hybridized carbons (Fsp3) is 1.00. The second-order valence-corrected chi connectivity index (χ2v) is 6.46. The number of aliphatic hydroxyl groups is 1. The molecule has 18 heavy (non-hydrogen) atoms. The summed E-state index contributed by atoms with van der Waals surface area (Å²) in [5.74, 6) is 1.92. The lowest BCUT2D eigenvalue weighted by atomic mass is 9.69. The summed E-state index contributed by atoms with van der Waals surface area (Å²) in [6.07, 6.45) is 12.3. The molecule has 2 aliphatic rings. The predicted octanol–water partition coefficient (Wildman–Crippen LogP) is 4.48. The molecule has 2 rings (SSSR count). The van der Waals surface area contributed by atoms with E-state index in [1.165, 1.54) is 44.9 Å². The lowest BCUT2D eigenvalue weighted by Gasteiger charge is -2.37. The van der Waals surface area contributed by atoms with Crippen LogP contribution in [-0.2, 0) is 0 Å². The molecule has 0 bridgehead atoms. The number of hydrogen-bond acceptors (Lipinski definition) is 1. The zero-order chi connectivity index (χ0) is 12.8. The molecule has 0 radical (unpaired) electrons. The number of aliphatic hydroxyl groups excluding tert-OH is 1. The van der Waals surface area contributed by atoms with Crippen LogP contribution in [0.25, 0.3) is 0 Å². The van der Waals surface area contributed by atoms with Crippen LogP contribution < -0.4 is 0 Å². The van der Waals surface area contributed by atoms with Crippen LogP contribution in [0.5, 0.6) is 0 Å². The minimum atomic E-state index is -0.505. The van der Waals surface area contributed by atoms with Crippen molar-refractivity contribution in [2.45, 2.75) is 76.8 Å². The van der Waals surface area contributed by atoms with Gasteiger partial charge in [0, 0.05) is 6.61 Å². The van der Waals surface area contributed by atoms with Gasteiger partial charge in [-0.1, -0.05) is 38.5 Å². The smallest absolute Gasteiger partial charge is 0.103 e. The Morgan fingerprint density at radius 2 is 1.61 bits per heavy atom. The van der Waals surface area contributed by atoms with Gasteiger partial charge in [-0.05, 0) is 49.9 Å². The molecule has 0 aromatic carbocycles. The van der Waals surface area contributed by atoms with E-state index in [0.29, 0.717) is 18.4 Å². The quantitative estimate of drug-likeness (QED) is 0.719. The molecule has 0 saturated heterocycles. The van der Waals surface area contributed by atoms with Gasteiger partial charge < -0.3 is 5.11 Å². The zero-order valence-electron chi connectivity index (χ0n) is 11.6. The Bertz CT molecular complexity index is 223. The number of hydrogen-bond donors (Lipinski definition) is 1. The van der Waals surface area contributed by atoms with Crippen LogP contribution in [-0.4, -0.2) is 17.9 Å². The summed E-state index contributed by atoms with van der Waals surface area (Å²) in [6.45, 7) is 0.334. The van der Waals surface area contributed by atoms with E-state index in [2.05, 4.69) is 0 Å². The topological polar surface area (TPSA) is 20.2 Å². The van der Waals surface area contributed by atoms with Crippen LogP contribution in [0.1, 0.15) is 70.6 Å². The molecule has 2 aliphatic carbocycles. The largest absolute Gasteiger partial charge is 0.396 e. The van der Waals surface area contributed by atoms with Gasteiger partial charge in [0.15, 0.2) is 0 Å². The Hall–Kier alpha value is -0.110. The van der Waals surface area contributed by atoms with Crippen molar-refractivity contribution in [3.63, 3.8) is 0 Å². The van der Waals surface area contributed by atoms with Gasteiger partial charge in [0.25, 0.3) is 0 Å². The molecule has 1 N–H and O–H groups in total. The van der Waals surface area contributed by atoms with Crippen molar-refractivity contribution in [3.8, 4) is 0 Å². The highest BCUT2D eigenvalue weighted by atomic mass is 19.1. The Morgan fingerprint density at radius 3 is 2.28 bits per heavy atom. The molecule has 2 unspecified atom stereocenters. The van der Waals surface area contributed by atoms with E-state index < -0.39 is 6.17 Å². The molecule has 0 aromatic rings. The maximum absolute atomic E-state index is 14.0. The lowest BCUT2D eigenvalue weighted by molar-refractivity contribution is 0.0801. The van der Waals surface area contributed by atoms with Gasteiger partial charge in [0.1, 0.15) is 6.17 Å². The van der Waals surface area contributed by atoms with E-state index >= 15 is 0 Å². The van der Waals surface area contributed by atoms with Gasteiger partial charge in [-0.2, -0.15) is 0 Å². The molecule has 0 spiro atoms. The van der Waals surface area contributed by atoms with Crippen molar-refractivity contribution < 1.29 is 9.50 Å². The van der Waals surface area contributed by atoms with E-state index in [-0.39, 0.29) is 0 Å². The SMILES string of the molecule is OCCCCC1CCC(C2CCCCC2F)CC1. The van der Waals surface area contributed by atoms with Crippen LogP contribution in [0.15, 0.2) is 0 Å². The van der Waals surface area contributed by atoms with Gasteiger partial charge >= 0.3 is 0 Å². The van der Waals surface area contributed by atoms with E-state index in [1.807, 2.05) is 0 Å². The molecule has 0 aromatic heterocycles. The molecule has 0 aliphatic heterocycles. The predicted molar refractivity (Wildman–Crippen MR) is 73.2 cm³/mol. The fourth-order valence-corrected chi connectivity index (χ4v) is 4.10. The van der Waals surface area contributed by atoms with Gasteiger partial charge in [0.05, 0.1) is 0 Å². The van der Waals surface area contributed by atoms with Crippen molar-refractivity contribution in [3.05, 3.63) is 0 Å². The highest BCUT2D eigenvalue weighted by Crippen LogP contribution is 2.42. The average molecular weight is 256 g/mol. The van der Waals surface area contributed by atoms with Crippen LogP contribution in [0.3, 0.4) is 0 Å². The normalized spacial score (nSPS) is 37.7. The first-order valence-electron chi connectivity index (χ1n) is 8.06. The molecule has 2 atom stereocenters. The molecular weight excluding hydrogens is 227 g/mol. The molecular formula is C16H29FO. The number of rotatable bonds is 5. The third kappa shape index (κ3) is 3.94. The summed E-state index contributed by atoms with van der Waals surface area (Å²) in [5, 5.41) is 8.80. The van der Waals surface area contributed by atoms with E-state index in [9.17, 15) is 4.39 Å². The van der Waals surface area contributed by atoms with Crippen LogP contribution >= 0.6 is 0 Å². The molecule has 2 heteroatoms. The first-order chi connectivity index (χ1) is 8.81. The molecule has 2 saturated carbocycles. The minimum absolute atomic E-state index is 0.334. The number of halogens is 1. The van der Waals surface area contributed by atoms with Crippen molar-refractivity contribution in [2.75, 3.05) is 6.61 Å². The van der Waals surface area contributed by atoms with Crippen LogP contribution in [0, 0.1) is 17.8 Å². The van der Waals surface area contributed by atoms with Gasteiger partial charge in [-0.3, -0.25) is 0 Å². The maximum Gasteiger partial charge on any atom is 0.103 e. The van der Waals surface area contributed by atoms with E-state index in [0.717, 1.165) is 31.6 Å². The lowest BCUT2D eigenvalue weighted by Crippen LogP contribution is -2.31. The molecule has 1 nitrogen and oxygen atoms in total. The van der Waals surface area contributed by atoms with Crippen molar-refractivity contribution in [1.82, 2.24) is 0 Å². The summed E-state index contributed by atoms with van der Waals surface area (Å²) >= 11 is 0. The third-order valence-electron chi connectivity index (χ3n) is 5.25. The summed E-state index contributed by atoms with van der Waals surface area (Å²) < 4.78 is 14.0. The Balaban J connectivity index is 1.69. The highest BCUT2D eigenvalue weighted by Gasteiger charge is 2.34. The molecule has 0 amide bonds. The van der Waals surface area contributed by atoms with Crippen molar-refractivity contribution in [2.24, 2.45) is 17.8 Å². The first kappa shape index (κ1) is 14.3. The summed E-state index contributed by atoms with van der Waals surface area (Å²) in [6, 6.07) is 0. The van der Waals surface area contributed by atoms with E-state index in [1.54, 1.807) is 0 Å². The third-order valence-corrected chi connectivity index (χ3v) is 5.25. The van der Waals surface area contributed by atoms with E-state index in [4.69, 9.17) is 5.11 Å². The summed E-state index contributed by atoms with van der Waals surface area (Å²) in [7, 11) is 0. The highest BCUT2D eigenvalue weighted by molar-refractivity contribution is 4.84. The van der Waals surface area contributed by atoms with Crippen LogP contribution in [0.4, 0.5) is 4.39 Å². The molecule has 0 heterocycles. The molecule has 2 fully saturated rings. The average Bonchev–Trinajstić information content (AvgIpc) is 2.41. The number of unbranched alkanes of at least 4 members (excludes halogenated alkanes) is 1. The fourth-order valence-electron chi connectivity index (χ4n) is 4.10. The van der Waals surface area contributed by atoms with Gasteiger partial charge in [-0.15, -0.1) is 0 Å². The molecule has 106 valence electrons. The van der Waals surface area contributed by atoms with Crippen molar-refractivity contribution in [1.29, 1.82) is 0 Å². The second-order valence-electron chi connectivity index (χ2n) is 6.46. The monoisotopic (exact) mass is 256 g/mol. The van der Waals surface area contributed by atoms with Crippen molar-refractivity contribution >= 4 is 0 Å². The Kier molecular flexibility index (Phi) is 5.94. The Labute approximate surface area is 111 Å². The first-order valence-corrected chi connectivity index (χ1v) is 8.06. The summed E-state index contributed by atoms with van der Waals surface area (Å²) in [4.78, 5) is 0. The standard InChI is InChI=1S/C16H29FO/c17-16-7-2-1-6-15(16)14-10-8-13(9-11-14)5-3-4-12-18/h13-16,18H,1-12H2. The number of alkyl halides is 1. The Morgan fingerprint density at radius 1 is 0.889 bits per heavy atom. The zero-order valence-corrected chi connectivity index (χ0v) is 11.6. The van der Waals surface area contributed by atoms with Gasteiger partial charge in [-0.25, -0.2) is 4.39 Å². The summed E-state index contributed by atoms with van der Waals surface area (Å²) in [5.41, 5.74) is 0. The maximum atomic E-state index is 14.0. The minimum Gasteiger partial charge on any atom is -0.396 e.